The minimum Gasteiger partial charge on any atom is -0.354 e. The van der Waals surface area contributed by atoms with Crippen LogP contribution in [-0.4, -0.2) is 42.7 Å². The van der Waals surface area contributed by atoms with E-state index in [1.54, 1.807) is 0 Å². The van der Waals surface area contributed by atoms with Crippen molar-refractivity contribution in [2.24, 2.45) is 5.41 Å². The summed E-state index contributed by atoms with van der Waals surface area (Å²) >= 11 is 1.51. The molecule has 3 nitrogen and oxygen atoms in total. The molecule has 2 N–H and O–H groups in total. The molecule has 0 bridgehead atoms. The summed E-state index contributed by atoms with van der Waals surface area (Å²) in [6.07, 6.45) is -2.84. The first kappa shape index (κ1) is 15.6. The van der Waals surface area contributed by atoms with Gasteiger partial charge in [-0.1, -0.05) is 0 Å². The molecule has 1 aliphatic heterocycles. The molecule has 0 aromatic carbocycles. The van der Waals surface area contributed by atoms with Gasteiger partial charge in [0.25, 0.3) is 0 Å². The van der Waals surface area contributed by atoms with Crippen LogP contribution in [0, 0.1) is 5.41 Å². The topological polar surface area (TPSA) is 41.1 Å². The van der Waals surface area contributed by atoms with Crippen molar-refractivity contribution < 1.29 is 18.0 Å². The van der Waals surface area contributed by atoms with Gasteiger partial charge in [-0.25, -0.2) is 0 Å². The molecule has 0 saturated carbocycles. The van der Waals surface area contributed by atoms with E-state index in [4.69, 9.17) is 0 Å². The fourth-order valence-electron chi connectivity index (χ4n) is 1.79. The molecule has 0 aromatic heterocycles. The lowest BCUT2D eigenvalue weighted by Crippen LogP contribution is -2.53. The van der Waals surface area contributed by atoms with Crippen LogP contribution < -0.4 is 10.6 Å². The molecule has 1 saturated heterocycles. The Morgan fingerprint density at radius 1 is 1.44 bits per heavy atom. The minimum absolute atomic E-state index is 0.192. The number of carbonyl (C=O) groups is 1. The van der Waals surface area contributed by atoms with Crippen LogP contribution >= 0.6 is 11.8 Å². The molecule has 18 heavy (non-hydrogen) atoms. The van der Waals surface area contributed by atoms with E-state index in [-0.39, 0.29) is 30.8 Å². The van der Waals surface area contributed by atoms with Gasteiger partial charge in [-0.2, -0.15) is 24.9 Å². The van der Waals surface area contributed by atoms with Gasteiger partial charge in [0.1, 0.15) is 0 Å². The second kappa shape index (κ2) is 5.28. The van der Waals surface area contributed by atoms with Crippen molar-refractivity contribution in [1.82, 2.24) is 10.6 Å². The lowest BCUT2D eigenvalue weighted by atomic mass is 9.85. The van der Waals surface area contributed by atoms with Gasteiger partial charge in [0, 0.05) is 17.8 Å². The van der Waals surface area contributed by atoms with Gasteiger partial charge >= 0.3 is 6.18 Å². The fourth-order valence-corrected chi connectivity index (χ4v) is 2.01. The van der Waals surface area contributed by atoms with Gasteiger partial charge in [-0.05, 0) is 33.1 Å². The zero-order valence-corrected chi connectivity index (χ0v) is 11.6. The summed E-state index contributed by atoms with van der Waals surface area (Å²) in [5, 5.41) is 5.07. The number of rotatable bonds is 4. The van der Waals surface area contributed by atoms with Gasteiger partial charge in [0.05, 0.1) is 0 Å². The maximum Gasteiger partial charge on any atom is 0.404 e. The van der Waals surface area contributed by atoms with Gasteiger partial charge < -0.3 is 10.6 Å². The first-order chi connectivity index (χ1) is 8.15. The zero-order chi connectivity index (χ0) is 14.0. The van der Waals surface area contributed by atoms with E-state index in [1.807, 2.05) is 20.1 Å². The third-order valence-electron chi connectivity index (χ3n) is 3.36. The lowest BCUT2D eigenvalue weighted by Gasteiger charge is -2.31. The molecule has 0 radical (unpaired) electrons. The van der Waals surface area contributed by atoms with Gasteiger partial charge in [0.15, 0.2) is 5.41 Å². The molecule has 1 heterocycles. The number of carbonyl (C=O) groups excluding carboxylic acids is 1. The smallest absolute Gasteiger partial charge is 0.354 e. The molecular formula is C11H19F3N2OS. The van der Waals surface area contributed by atoms with Gasteiger partial charge in [-0.3, -0.25) is 4.79 Å². The highest BCUT2D eigenvalue weighted by atomic mass is 32.2. The largest absolute Gasteiger partial charge is 0.404 e. The minimum atomic E-state index is -4.51. The number of nitrogens with one attached hydrogen (secondary N) is 2. The normalized spacial score (nSPS) is 25.2. The first-order valence-electron chi connectivity index (χ1n) is 5.75. The molecule has 1 amide bonds. The van der Waals surface area contributed by atoms with E-state index in [0.717, 1.165) is 0 Å². The van der Waals surface area contributed by atoms with Crippen molar-refractivity contribution in [2.75, 3.05) is 25.9 Å². The van der Waals surface area contributed by atoms with Crippen molar-refractivity contribution in [3.05, 3.63) is 0 Å². The van der Waals surface area contributed by atoms with Crippen LogP contribution in [0.15, 0.2) is 0 Å². The Kier molecular flexibility index (Phi) is 4.59. The van der Waals surface area contributed by atoms with Crippen molar-refractivity contribution in [1.29, 1.82) is 0 Å². The molecule has 1 atom stereocenters. The molecular weight excluding hydrogens is 265 g/mol. The molecule has 0 aromatic rings. The highest BCUT2D eigenvalue weighted by molar-refractivity contribution is 7.99. The first-order valence-corrected chi connectivity index (χ1v) is 6.98. The molecule has 106 valence electrons. The molecule has 0 aliphatic carbocycles. The summed E-state index contributed by atoms with van der Waals surface area (Å²) in [6, 6.07) is 0. The Morgan fingerprint density at radius 2 is 2.06 bits per heavy atom. The molecule has 1 unspecified atom stereocenters. The number of hydrogen-bond donors (Lipinski definition) is 2. The van der Waals surface area contributed by atoms with Crippen LogP contribution in [-0.2, 0) is 4.79 Å². The van der Waals surface area contributed by atoms with Crippen molar-refractivity contribution in [2.45, 2.75) is 31.2 Å². The van der Waals surface area contributed by atoms with Crippen LogP contribution in [0.5, 0.6) is 0 Å². The fraction of sp³-hybridized carbons (Fsp3) is 0.909. The number of alkyl halides is 3. The zero-order valence-electron chi connectivity index (χ0n) is 10.8. The summed E-state index contributed by atoms with van der Waals surface area (Å²) < 4.78 is 38.9. The Balaban J connectivity index is 2.74. The van der Waals surface area contributed by atoms with E-state index < -0.39 is 17.5 Å². The lowest BCUT2D eigenvalue weighted by molar-refractivity contribution is -0.216. The highest BCUT2D eigenvalue weighted by Gasteiger charge is 2.61. The van der Waals surface area contributed by atoms with Crippen LogP contribution in [0.3, 0.4) is 0 Å². The van der Waals surface area contributed by atoms with E-state index in [0.29, 0.717) is 0 Å². The second-order valence-corrected chi connectivity index (χ2v) is 6.67. The third kappa shape index (κ3) is 3.12. The van der Waals surface area contributed by atoms with Gasteiger partial charge in [0.2, 0.25) is 5.91 Å². The summed E-state index contributed by atoms with van der Waals surface area (Å²) in [5.41, 5.74) is -2.26. The number of thioether (sulfide) groups is 1. The maximum atomic E-state index is 13.1. The van der Waals surface area contributed by atoms with Crippen molar-refractivity contribution in [3.8, 4) is 0 Å². The van der Waals surface area contributed by atoms with Crippen molar-refractivity contribution >= 4 is 17.7 Å². The SMILES string of the molecule is CSC(C)(C)CNC(=O)C1(C(F)(F)F)CCNC1. The predicted molar refractivity (Wildman–Crippen MR) is 66.6 cm³/mol. The highest BCUT2D eigenvalue weighted by Crippen LogP contribution is 2.43. The standard InChI is InChI=1S/C11H19F3N2OS/c1-9(2,18-3)6-16-8(17)10(11(12,13)14)4-5-15-7-10/h15H,4-7H2,1-3H3,(H,16,17). The van der Waals surface area contributed by atoms with Crippen LogP contribution in [0.25, 0.3) is 0 Å². The second-order valence-electron chi connectivity index (χ2n) is 5.15. The summed E-state index contributed by atoms with van der Waals surface area (Å²) in [4.78, 5) is 11.9. The summed E-state index contributed by atoms with van der Waals surface area (Å²) in [6.45, 7) is 3.88. The van der Waals surface area contributed by atoms with E-state index in [9.17, 15) is 18.0 Å². The van der Waals surface area contributed by atoms with Crippen LogP contribution in [0.1, 0.15) is 20.3 Å². The monoisotopic (exact) mass is 284 g/mol. The average molecular weight is 284 g/mol. The van der Waals surface area contributed by atoms with Crippen LogP contribution in [0.4, 0.5) is 13.2 Å². The number of halogens is 3. The quantitative estimate of drug-likeness (QED) is 0.827. The molecule has 1 aliphatic rings. The van der Waals surface area contributed by atoms with E-state index in [1.165, 1.54) is 11.8 Å². The molecule has 7 heteroatoms. The van der Waals surface area contributed by atoms with E-state index in [2.05, 4.69) is 10.6 Å². The Labute approximate surface area is 109 Å². The summed E-state index contributed by atoms with van der Waals surface area (Å²) in [7, 11) is 0. The number of hydrogen-bond acceptors (Lipinski definition) is 3. The molecule has 1 rings (SSSR count). The molecule has 1 fully saturated rings. The van der Waals surface area contributed by atoms with Gasteiger partial charge in [-0.15, -0.1) is 0 Å². The Bertz CT molecular complexity index is 312. The van der Waals surface area contributed by atoms with E-state index >= 15 is 0 Å². The Hall–Kier alpha value is -0.430. The maximum absolute atomic E-state index is 13.1. The number of amides is 1. The average Bonchev–Trinajstić information content (AvgIpc) is 2.75. The van der Waals surface area contributed by atoms with Crippen LogP contribution in [0.2, 0.25) is 0 Å². The third-order valence-corrected chi connectivity index (χ3v) is 4.61. The Morgan fingerprint density at radius 3 is 2.44 bits per heavy atom. The predicted octanol–water partition coefficient (Wildman–Crippen LogP) is 1.79. The van der Waals surface area contributed by atoms with Crippen molar-refractivity contribution in [3.63, 3.8) is 0 Å². The summed E-state index contributed by atoms with van der Waals surface area (Å²) in [5.74, 6) is -0.915. The molecule has 0 spiro atoms.